The quantitative estimate of drug-likeness (QED) is 0.737. The van der Waals surface area contributed by atoms with Gasteiger partial charge in [0, 0.05) is 18.7 Å². The number of rotatable bonds is 5. The zero-order chi connectivity index (χ0) is 17.8. The molecular formula is C21H22N4O. The predicted molar refractivity (Wildman–Crippen MR) is 103 cm³/mol. The van der Waals surface area contributed by atoms with Crippen molar-refractivity contribution in [3.8, 4) is 0 Å². The minimum absolute atomic E-state index is 0.0876. The molecule has 132 valence electrons. The third-order valence-corrected chi connectivity index (χ3v) is 4.71. The summed E-state index contributed by atoms with van der Waals surface area (Å²) in [5.74, 6) is 1.04. The fourth-order valence-electron chi connectivity index (χ4n) is 3.35. The Labute approximate surface area is 153 Å². The maximum atomic E-state index is 12.7. The van der Waals surface area contributed by atoms with Crippen molar-refractivity contribution in [3.63, 3.8) is 0 Å². The average Bonchev–Trinajstić information content (AvgIpc) is 3.10. The smallest absolute Gasteiger partial charge is 0.253 e. The molecule has 0 saturated heterocycles. The second-order valence-electron chi connectivity index (χ2n) is 6.49. The summed E-state index contributed by atoms with van der Waals surface area (Å²) in [6, 6.07) is 17.4. The Hall–Kier alpha value is -3.08. The van der Waals surface area contributed by atoms with E-state index >= 15 is 0 Å². The van der Waals surface area contributed by atoms with Crippen molar-refractivity contribution >= 4 is 17.3 Å². The molecule has 0 saturated carbocycles. The third kappa shape index (κ3) is 3.47. The van der Waals surface area contributed by atoms with E-state index in [0.29, 0.717) is 12.1 Å². The minimum Gasteiger partial charge on any atom is -0.355 e. The summed E-state index contributed by atoms with van der Waals surface area (Å²) >= 11 is 0. The molecule has 0 aliphatic carbocycles. The second kappa shape index (κ2) is 7.44. The fraction of sp³-hybridized carbons (Fsp3) is 0.238. The van der Waals surface area contributed by atoms with E-state index in [4.69, 9.17) is 0 Å². The molecule has 26 heavy (non-hydrogen) atoms. The van der Waals surface area contributed by atoms with Gasteiger partial charge in [-0.2, -0.15) is 0 Å². The molecule has 0 bridgehead atoms. The maximum Gasteiger partial charge on any atom is 0.253 e. The number of nitrogens with zero attached hydrogens (tertiary/aromatic N) is 2. The van der Waals surface area contributed by atoms with Crippen LogP contribution in [-0.4, -0.2) is 15.5 Å². The van der Waals surface area contributed by atoms with Crippen molar-refractivity contribution in [2.24, 2.45) is 0 Å². The summed E-state index contributed by atoms with van der Waals surface area (Å²) in [6.07, 6.45) is 5.28. The number of nitrogens with one attached hydrogen (secondary N) is 2. The lowest BCUT2D eigenvalue weighted by Crippen LogP contribution is -2.25. The molecule has 0 fully saturated rings. The SMILES string of the molecule is O=C(NCc1cnc2n1CCCC2)c1ccccc1Nc1ccccc1. The molecule has 1 aliphatic heterocycles. The van der Waals surface area contributed by atoms with Gasteiger partial charge in [-0.15, -0.1) is 0 Å². The number of carbonyl (C=O) groups is 1. The Kier molecular flexibility index (Phi) is 4.69. The van der Waals surface area contributed by atoms with E-state index in [1.165, 1.54) is 12.8 Å². The van der Waals surface area contributed by atoms with Crippen molar-refractivity contribution in [3.05, 3.63) is 77.9 Å². The lowest BCUT2D eigenvalue weighted by molar-refractivity contribution is 0.0950. The van der Waals surface area contributed by atoms with Gasteiger partial charge in [0.25, 0.3) is 5.91 Å². The maximum absolute atomic E-state index is 12.7. The highest BCUT2D eigenvalue weighted by Gasteiger charge is 2.16. The Bertz CT molecular complexity index is 901. The van der Waals surface area contributed by atoms with Gasteiger partial charge in [-0.25, -0.2) is 4.98 Å². The van der Waals surface area contributed by atoms with Crippen molar-refractivity contribution in [1.82, 2.24) is 14.9 Å². The Morgan fingerprint density at radius 2 is 1.85 bits per heavy atom. The number of hydrogen-bond acceptors (Lipinski definition) is 3. The Morgan fingerprint density at radius 1 is 1.04 bits per heavy atom. The molecular weight excluding hydrogens is 324 g/mol. The molecule has 1 amide bonds. The van der Waals surface area contributed by atoms with Crippen molar-refractivity contribution in [1.29, 1.82) is 0 Å². The molecule has 4 rings (SSSR count). The molecule has 2 aromatic carbocycles. The first-order valence-electron chi connectivity index (χ1n) is 9.04. The average molecular weight is 346 g/mol. The van der Waals surface area contributed by atoms with Crippen LogP contribution in [0.3, 0.4) is 0 Å². The van der Waals surface area contributed by atoms with Gasteiger partial charge in [0.15, 0.2) is 0 Å². The van der Waals surface area contributed by atoms with Crippen LogP contribution in [0, 0.1) is 0 Å². The lowest BCUT2D eigenvalue weighted by Gasteiger charge is -2.17. The van der Waals surface area contributed by atoms with Crippen LogP contribution in [-0.2, 0) is 19.5 Å². The lowest BCUT2D eigenvalue weighted by atomic mass is 10.1. The zero-order valence-electron chi connectivity index (χ0n) is 14.6. The second-order valence-corrected chi connectivity index (χ2v) is 6.49. The number of fused-ring (bicyclic) bond motifs is 1. The van der Waals surface area contributed by atoms with Gasteiger partial charge in [0.2, 0.25) is 0 Å². The third-order valence-electron chi connectivity index (χ3n) is 4.71. The number of hydrogen-bond donors (Lipinski definition) is 2. The highest BCUT2D eigenvalue weighted by atomic mass is 16.1. The van der Waals surface area contributed by atoms with E-state index in [1.807, 2.05) is 60.8 Å². The summed E-state index contributed by atoms with van der Waals surface area (Å²) in [7, 11) is 0. The molecule has 3 aromatic rings. The monoisotopic (exact) mass is 346 g/mol. The van der Waals surface area contributed by atoms with Crippen molar-refractivity contribution < 1.29 is 4.79 Å². The predicted octanol–water partition coefficient (Wildman–Crippen LogP) is 3.89. The van der Waals surface area contributed by atoms with Crippen molar-refractivity contribution in [2.75, 3.05) is 5.32 Å². The van der Waals surface area contributed by atoms with E-state index in [2.05, 4.69) is 20.2 Å². The van der Waals surface area contributed by atoms with Crippen LogP contribution in [0.2, 0.25) is 0 Å². The summed E-state index contributed by atoms with van der Waals surface area (Å²) in [5.41, 5.74) is 3.46. The number of aromatic nitrogens is 2. The van der Waals surface area contributed by atoms with Gasteiger partial charge in [0.1, 0.15) is 5.82 Å². The molecule has 0 spiro atoms. The van der Waals surface area contributed by atoms with Gasteiger partial charge in [-0.05, 0) is 37.1 Å². The fourth-order valence-corrected chi connectivity index (χ4v) is 3.35. The first-order valence-corrected chi connectivity index (χ1v) is 9.04. The van der Waals surface area contributed by atoms with Crippen LogP contribution in [0.4, 0.5) is 11.4 Å². The topological polar surface area (TPSA) is 59.0 Å². The van der Waals surface area contributed by atoms with Crippen LogP contribution in [0.5, 0.6) is 0 Å². The molecule has 5 heteroatoms. The molecule has 1 aliphatic rings. The van der Waals surface area contributed by atoms with Gasteiger partial charge in [-0.3, -0.25) is 4.79 Å². The number of benzene rings is 2. The van der Waals surface area contributed by atoms with Gasteiger partial charge >= 0.3 is 0 Å². The Balaban J connectivity index is 1.47. The van der Waals surface area contributed by atoms with Crippen LogP contribution in [0.25, 0.3) is 0 Å². The minimum atomic E-state index is -0.0876. The van der Waals surface area contributed by atoms with Crippen LogP contribution < -0.4 is 10.6 Å². The Morgan fingerprint density at radius 3 is 2.73 bits per heavy atom. The summed E-state index contributed by atoms with van der Waals surface area (Å²) in [5, 5.41) is 6.36. The van der Waals surface area contributed by atoms with E-state index in [9.17, 15) is 4.79 Å². The van der Waals surface area contributed by atoms with Crippen molar-refractivity contribution in [2.45, 2.75) is 32.4 Å². The number of aryl methyl sites for hydroxylation is 1. The highest BCUT2D eigenvalue weighted by Crippen LogP contribution is 2.21. The van der Waals surface area contributed by atoms with E-state index in [0.717, 1.165) is 35.9 Å². The number of carbonyl (C=O) groups excluding carboxylic acids is 1. The summed E-state index contributed by atoms with van der Waals surface area (Å²) < 4.78 is 2.23. The number of imidazole rings is 1. The molecule has 0 atom stereocenters. The first-order chi connectivity index (χ1) is 12.8. The number of anilines is 2. The molecule has 5 nitrogen and oxygen atoms in total. The van der Waals surface area contributed by atoms with Gasteiger partial charge < -0.3 is 15.2 Å². The van der Waals surface area contributed by atoms with Gasteiger partial charge in [-0.1, -0.05) is 30.3 Å². The number of amides is 1. The largest absolute Gasteiger partial charge is 0.355 e. The molecule has 0 radical (unpaired) electrons. The van der Waals surface area contributed by atoms with Crippen LogP contribution in [0.1, 0.15) is 34.7 Å². The first kappa shape index (κ1) is 16.4. The molecule has 0 unspecified atom stereocenters. The normalized spacial score (nSPS) is 13.1. The zero-order valence-corrected chi connectivity index (χ0v) is 14.6. The van der Waals surface area contributed by atoms with Crippen LogP contribution in [0.15, 0.2) is 60.8 Å². The highest BCUT2D eigenvalue weighted by molar-refractivity contribution is 6.00. The standard InChI is InChI=1S/C21H22N4O/c26-21(23-15-17-14-22-20-12-6-7-13-25(17)20)18-10-4-5-11-19(18)24-16-8-2-1-3-9-16/h1-5,8-11,14,24H,6-7,12-13,15H2,(H,23,26). The van der Waals surface area contributed by atoms with Crippen LogP contribution >= 0.6 is 0 Å². The summed E-state index contributed by atoms with van der Waals surface area (Å²) in [4.78, 5) is 17.2. The van der Waals surface area contributed by atoms with E-state index in [1.54, 1.807) is 0 Å². The molecule has 2 N–H and O–H groups in total. The molecule has 2 heterocycles. The number of para-hydroxylation sites is 2. The molecule has 1 aromatic heterocycles. The van der Waals surface area contributed by atoms with E-state index < -0.39 is 0 Å². The van der Waals surface area contributed by atoms with Gasteiger partial charge in [0.05, 0.1) is 29.7 Å². The summed E-state index contributed by atoms with van der Waals surface area (Å²) in [6.45, 7) is 1.48. The van der Waals surface area contributed by atoms with E-state index in [-0.39, 0.29) is 5.91 Å².